The standard InChI is InChI=1S/C17H17ClN2O3/c1-2-16(21)20-14-4-3-5-15(10-14)23-11-17(22)19-13-8-6-12(18)7-9-13/h3-10H,2,11H2,1H3,(H,19,22)(H,20,21). The number of nitrogens with one attached hydrogen (secondary N) is 2. The quantitative estimate of drug-likeness (QED) is 0.847. The molecule has 0 fully saturated rings. The molecule has 0 unspecified atom stereocenters. The SMILES string of the molecule is CCC(=O)Nc1cccc(OCC(=O)Nc2ccc(Cl)cc2)c1. The van der Waals surface area contributed by atoms with Gasteiger partial charge in [0.25, 0.3) is 5.91 Å². The smallest absolute Gasteiger partial charge is 0.262 e. The van der Waals surface area contributed by atoms with Gasteiger partial charge in [-0.1, -0.05) is 24.6 Å². The highest BCUT2D eigenvalue weighted by Crippen LogP contribution is 2.18. The van der Waals surface area contributed by atoms with Crippen molar-refractivity contribution in [2.75, 3.05) is 17.2 Å². The minimum Gasteiger partial charge on any atom is -0.484 e. The fourth-order valence-electron chi connectivity index (χ4n) is 1.79. The molecule has 120 valence electrons. The Morgan fingerprint density at radius 3 is 2.39 bits per heavy atom. The monoisotopic (exact) mass is 332 g/mol. The van der Waals surface area contributed by atoms with Gasteiger partial charge < -0.3 is 15.4 Å². The summed E-state index contributed by atoms with van der Waals surface area (Å²) >= 11 is 5.78. The Kier molecular flexibility index (Phi) is 6.00. The number of halogens is 1. The molecule has 0 bridgehead atoms. The van der Waals surface area contributed by atoms with Gasteiger partial charge in [0.2, 0.25) is 5.91 Å². The molecule has 23 heavy (non-hydrogen) atoms. The first-order chi connectivity index (χ1) is 11.1. The Morgan fingerprint density at radius 1 is 1.00 bits per heavy atom. The van der Waals surface area contributed by atoms with Crippen LogP contribution >= 0.6 is 11.6 Å². The van der Waals surface area contributed by atoms with Crippen molar-refractivity contribution in [3.8, 4) is 5.75 Å². The number of amides is 2. The summed E-state index contributed by atoms with van der Waals surface area (Å²) in [4.78, 5) is 23.2. The minimum atomic E-state index is -0.282. The number of ether oxygens (including phenoxy) is 1. The van der Waals surface area contributed by atoms with Crippen LogP contribution < -0.4 is 15.4 Å². The number of anilines is 2. The maximum Gasteiger partial charge on any atom is 0.262 e. The predicted octanol–water partition coefficient (Wildman–Crippen LogP) is 3.71. The van der Waals surface area contributed by atoms with Crippen LogP contribution in [0.4, 0.5) is 11.4 Å². The second-order valence-corrected chi connectivity index (χ2v) is 5.21. The van der Waals surface area contributed by atoms with Crippen molar-refractivity contribution in [2.45, 2.75) is 13.3 Å². The summed E-state index contributed by atoms with van der Waals surface area (Å²) in [6, 6.07) is 13.7. The van der Waals surface area contributed by atoms with Crippen LogP contribution in [0.5, 0.6) is 5.75 Å². The summed E-state index contributed by atoms with van der Waals surface area (Å²) in [5, 5.41) is 6.04. The van der Waals surface area contributed by atoms with Crippen molar-refractivity contribution in [1.29, 1.82) is 0 Å². The van der Waals surface area contributed by atoms with Gasteiger partial charge in [-0.2, -0.15) is 0 Å². The maximum atomic E-state index is 11.8. The van der Waals surface area contributed by atoms with E-state index in [0.717, 1.165) is 0 Å². The molecule has 2 amide bonds. The average Bonchev–Trinajstić information content (AvgIpc) is 2.55. The van der Waals surface area contributed by atoms with E-state index in [9.17, 15) is 9.59 Å². The van der Waals surface area contributed by atoms with Crippen LogP contribution in [0, 0.1) is 0 Å². The van der Waals surface area contributed by atoms with E-state index >= 15 is 0 Å². The summed E-state index contributed by atoms with van der Waals surface area (Å²) in [6.07, 6.45) is 0.397. The van der Waals surface area contributed by atoms with Gasteiger partial charge in [0.15, 0.2) is 6.61 Å². The molecule has 0 aliphatic rings. The molecule has 0 heterocycles. The highest BCUT2D eigenvalue weighted by molar-refractivity contribution is 6.30. The molecule has 2 N–H and O–H groups in total. The molecule has 5 nitrogen and oxygen atoms in total. The Morgan fingerprint density at radius 2 is 1.70 bits per heavy atom. The van der Waals surface area contributed by atoms with E-state index in [1.54, 1.807) is 55.5 Å². The van der Waals surface area contributed by atoms with Crippen molar-refractivity contribution in [3.63, 3.8) is 0 Å². The van der Waals surface area contributed by atoms with Crippen molar-refractivity contribution < 1.29 is 14.3 Å². The number of rotatable bonds is 6. The lowest BCUT2D eigenvalue weighted by Crippen LogP contribution is -2.20. The van der Waals surface area contributed by atoms with Gasteiger partial charge in [-0.15, -0.1) is 0 Å². The first-order valence-corrected chi connectivity index (χ1v) is 7.52. The third kappa shape index (κ3) is 5.64. The summed E-state index contributed by atoms with van der Waals surface area (Å²) < 4.78 is 5.43. The molecule has 0 atom stereocenters. The van der Waals surface area contributed by atoms with Crippen LogP contribution in [-0.4, -0.2) is 18.4 Å². The Labute approximate surface area is 139 Å². The van der Waals surface area contributed by atoms with Crippen LogP contribution in [-0.2, 0) is 9.59 Å². The molecule has 2 aromatic rings. The molecule has 0 aliphatic carbocycles. The molecule has 0 radical (unpaired) electrons. The molecule has 2 aromatic carbocycles. The molecule has 0 aliphatic heterocycles. The van der Waals surface area contributed by atoms with E-state index < -0.39 is 0 Å². The second-order valence-electron chi connectivity index (χ2n) is 4.77. The molecule has 6 heteroatoms. The van der Waals surface area contributed by atoms with E-state index in [0.29, 0.717) is 28.6 Å². The number of benzene rings is 2. The van der Waals surface area contributed by atoms with Crippen molar-refractivity contribution >= 4 is 34.8 Å². The maximum absolute atomic E-state index is 11.8. The lowest BCUT2D eigenvalue weighted by Gasteiger charge is -2.09. The molecular weight excluding hydrogens is 316 g/mol. The van der Waals surface area contributed by atoms with Gasteiger partial charge in [0.05, 0.1) is 0 Å². The number of carbonyl (C=O) groups excluding carboxylic acids is 2. The fraction of sp³-hybridized carbons (Fsp3) is 0.176. The number of hydrogen-bond donors (Lipinski definition) is 2. The largest absolute Gasteiger partial charge is 0.484 e. The summed E-state index contributed by atoms with van der Waals surface area (Å²) in [7, 11) is 0. The molecular formula is C17H17ClN2O3. The van der Waals surface area contributed by atoms with E-state index in [2.05, 4.69) is 10.6 Å². The summed E-state index contributed by atoms with van der Waals surface area (Å²) in [5.74, 6) is 0.142. The molecule has 2 rings (SSSR count). The number of hydrogen-bond acceptors (Lipinski definition) is 3. The van der Waals surface area contributed by atoms with Gasteiger partial charge in [0, 0.05) is 28.9 Å². The van der Waals surface area contributed by atoms with E-state index in [4.69, 9.17) is 16.3 Å². The van der Waals surface area contributed by atoms with E-state index in [1.807, 2.05) is 0 Å². The van der Waals surface area contributed by atoms with Gasteiger partial charge in [0.1, 0.15) is 5.75 Å². The zero-order chi connectivity index (χ0) is 16.7. The van der Waals surface area contributed by atoms with Gasteiger partial charge in [-0.25, -0.2) is 0 Å². The fourth-order valence-corrected chi connectivity index (χ4v) is 1.92. The zero-order valence-electron chi connectivity index (χ0n) is 12.6. The van der Waals surface area contributed by atoms with E-state index in [-0.39, 0.29) is 18.4 Å². The Balaban J connectivity index is 1.87. The van der Waals surface area contributed by atoms with E-state index in [1.165, 1.54) is 0 Å². The van der Waals surface area contributed by atoms with Crippen molar-refractivity contribution in [2.24, 2.45) is 0 Å². The molecule has 0 saturated heterocycles. The molecule has 0 saturated carbocycles. The molecule has 0 aromatic heterocycles. The van der Waals surface area contributed by atoms with Gasteiger partial charge >= 0.3 is 0 Å². The Bertz CT molecular complexity index is 686. The third-order valence-electron chi connectivity index (χ3n) is 2.94. The Hall–Kier alpha value is -2.53. The van der Waals surface area contributed by atoms with Crippen LogP contribution in [0.15, 0.2) is 48.5 Å². The second kappa shape index (κ2) is 8.19. The summed E-state index contributed by atoms with van der Waals surface area (Å²) in [6.45, 7) is 1.64. The van der Waals surface area contributed by atoms with Gasteiger partial charge in [-0.05, 0) is 36.4 Å². The third-order valence-corrected chi connectivity index (χ3v) is 3.19. The minimum absolute atomic E-state index is 0.0809. The first kappa shape index (κ1) is 16.8. The molecule has 0 spiro atoms. The van der Waals surface area contributed by atoms with Crippen LogP contribution in [0.25, 0.3) is 0 Å². The van der Waals surface area contributed by atoms with Crippen molar-refractivity contribution in [1.82, 2.24) is 0 Å². The van der Waals surface area contributed by atoms with Crippen molar-refractivity contribution in [3.05, 3.63) is 53.6 Å². The van der Waals surface area contributed by atoms with Gasteiger partial charge in [-0.3, -0.25) is 9.59 Å². The lowest BCUT2D eigenvalue weighted by molar-refractivity contribution is -0.118. The van der Waals surface area contributed by atoms with Crippen LogP contribution in [0.2, 0.25) is 5.02 Å². The highest BCUT2D eigenvalue weighted by Gasteiger charge is 2.05. The van der Waals surface area contributed by atoms with Crippen LogP contribution in [0.3, 0.4) is 0 Å². The predicted molar refractivity (Wildman–Crippen MR) is 90.9 cm³/mol. The highest BCUT2D eigenvalue weighted by atomic mass is 35.5. The summed E-state index contributed by atoms with van der Waals surface area (Å²) in [5.41, 5.74) is 1.28. The number of carbonyl (C=O) groups is 2. The lowest BCUT2D eigenvalue weighted by atomic mass is 10.3. The first-order valence-electron chi connectivity index (χ1n) is 7.15. The normalized spacial score (nSPS) is 10.0. The van der Waals surface area contributed by atoms with Crippen LogP contribution in [0.1, 0.15) is 13.3 Å². The topological polar surface area (TPSA) is 67.4 Å². The average molecular weight is 333 g/mol. The zero-order valence-corrected chi connectivity index (χ0v) is 13.4.